The number of carboxylic acids is 1. The van der Waals surface area contributed by atoms with Gasteiger partial charge in [0.25, 0.3) is 0 Å². The molecule has 4 amide bonds. The van der Waals surface area contributed by atoms with Crippen molar-refractivity contribution in [1.29, 1.82) is 0 Å². The molecule has 0 heterocycles. The molecule has 9 nitrogen and oxygen atoms in total. The fourth-order valence-corrected chi connectivity index (χ4v) is 3.09. The molecular formula is C18H32N4O5. The number of hydrogen-bond donors (Lipinski definition) is 4. The number of carbonyl (C=O) groups is 4. The lowest BCUT2D eigenvalue weighted by atomic mass is 9.96. The summed E-state index contributed by atoms with van der Waals surface area (Å²) in [4.78, 5) is 47.6. The predicted octanol–water partition coefficient (Wildman–Crippen LogP) is 0.836. The molecule has 1 aliphatic carbocycles. The Hall–Kier alpha value is -2.32. The molecule has 4 N–H and O–H groups in total. The standard InChI is InChI=1S/C18H32N4O5/c1-13(17(25)26)22(12-11-19-14(2)23)16(24)9-6-10-20-18(27)21-15-7-4-3-5-8-15/h13,15H,3-12H2,1-2H3,(H,19,23)(H,25,26)(H2,20,21,27). The van der Waals surface area contributed by atoms with Gasteiger partial charge in [0.2, 0.25) is 11.8 Å². The number of urea groups is 1. The van der Waals surface area contributed by atoms with Gasteiger partial charge in [-0.05, 0) is 26.2 Å². The first-order valence-corrected chi connectivity index (χ1v) is 9.62. The normalized spacial score (nSPS) is 15.5. The highest BCUT2D eigenvalue weighted by Crippen LogP contribution is 2.17. The Labute approximate surface area is 160 Å². The van der Waals surface area contributed by atoms with Crippen LogP contribution in [0.1, 0.15) is 58.8 Å². The third kappa shape index (κ3) is 9.25. The van der Waals surface area contributed by atoms with E-state index < -0.39 is 12.0 Å². The highest BCUT2D eigenvalue weighted by Gasteiger charge is 2.24. The summed E-state index contributed by atoms with van der Waals surface area (Å²) in [6.45, 7) is 3.45. The first-order valence-electron chi connectivity index (χ1n) is 9.62. The van der Waals surface area contributed by atoms with Crippen LogP contribution in [-0.2, 0) is 14.4 Å². The number of nitrogens with one attached hydrogen (secondary N) is 3. The van der Waals surface area contributed by atoms with E-state index in [4.69, 9.17) is 5.11 Å². The van der Waals surface area contributed by atoms with Crippen molar-refractivity contribution in [2.45, 2.75) is 70.9 Å². The van der Waals surface area contributed by atoms with Crippen LogP contribution in [0.2, 0.25) is 0 Å². The summed E-state index contributed by atoms with van der Waals surface area (Å²) in [5, 5.41) is 17.4. The number of carboxylic acid groups (broad SMARTS) is 1. The van der Waals surface area contributed by atoms with E-state index in [0.717, 1.165) is 25.7 Å². The SMILES string of the molecule is CC(=O)NCCN(C(=O)CCCNC(=O)NC1CCCCC1)C(C)C(=O)O. The van der Waals surface area contributed by atoms with Gasteiger partial charge in [-0.3, -0.25) is 9.59 Å². The van der Waals surface area contributed by atoms with Gasteiger partial charge in [-0.25, -0.2) is 9.59 Å². The maximum Gasteiger partial charge on any atom is 0.326 e. The van der Waals surface area contributed by atoms with Gasteiger partial charge in [0, 0.05) is 39.0 Å². The van der Waals surface area contributed by atoms with Crippen LogP contribution >= 0.6 is 0 Å². The molecular weight excluding hydrogens is 352 g/mol. The molecule has 0 radical (unpaired) electrons. The average Bonchev–Trinajstić information content (AvgIpc) is 2.62. The molecule has 1 aliphatic rings. The Balaban J connectivity index is 2.33. The summed E-state index contributed by atoms with van der Waals surface area (Å²) < 4.78 is 0. The molecule has 0 aliphatic heterocycles. The molecule has 1 atom stereocenters. The van der Waals surface area contributed by atoms with E-state index in [1.54, 1.807) is 0 Å². The Bertz CT molecular complexity index is 520. The molecule has 0 bridgehead atoms. The fourth-order valence-electron chi connectivity index (χ4n) is 3.09. The molecule has 0 aromatic rings. The number of amides is 4. The van der Waals surface area contributed by atoms with Gasteiger partial charge in [-0.2, -0.15) is 0 Å². The van der Waals surface area contributed by atoms with E-state index in [1.165, 1.54) is 25.2 Å². The highest BCUT2D eigenvalue weighted by molar-refractivity contribution is 5.83. The molecule has 1 rings (SSSR count). The van der Waals surface area contributed by atoms with Crippen LogP contribution in [0.15, 0.2) is 0 Å². The summed E-state index contributed by atoms with van der Waals surface area (Å²) in [5.41, 5.74) is 0. The van der Waals surface area contributed by atoms with Gasteiger partial charge in [-0.15, -0.1) is 0 Å². The van der Waals surface area contributed by atoms with Crippen LogP contribution < -0.4 is 16.0 Å². The Kier molecular flexibility index (Phi) is 10.2. The second-order valence-corrected chi connectivity index (χ2v) is 6.92. The number of aliphatic carboxylic acids is 1. The molecule has 0 saturated heterocycles. The van der Waals surface area contributed by atoms with Crippen molar-refractivity contribution in [2.75, 3.05) is 19.6 Å². The van der Waals surface area contributed by atoms with Crippen LogP contribution in [0.25, 0.3) is 0 Å². The van der Waals surface area contributed by atoms with Gasteiger partial charge < -0.3 is 26.0 Å². The zero-order valence-corrected chi connectivity index (χ0v) is 16.3. The maximum atomic E-state index is 12.3. The lowest BCUT2D eigenvalue weighted by molar-refractivity contribution is -0.149. The molecule has 0 spiro atoms. The first kappa shape index (κ1) is 22.7. The second-order valence-electron chi connectivity index (χ2n) is 6.92. The van der Waals surface area contributed by atoms with Crippen molar-refractivity contribution in [3.63, 3.8) is 0 Å². The molecule has 154 valence electrons. The van der Waals surface area contributed by atoms with Crippen LogP contribution in [0.5, 0.6) is 0 Å². The number of rotatable bonds is 10. The van der Waals surface area contributed by atoms with Crippen molar-refractivity contribution in [3.8, 4) is 0 Å². The highest BCUT2D eigenvalue weighted by atomic mass is 16.4. The summed E-state index contributed by atoms with van der Waals surface area (Å²) in [7, 11) is 0. The van der Waals surface area contributed by atoms with Gasteiger partial charge in [0.1, 0.15) is 6.04 Å². The molecule has 9 heteroatoms. The van der Waals surface area contributed by atoms with Crippen molar-refractivity contribution in [1.82, 2.24) is 20.9 Å². The minimum absolute atomic E-state index is 0.126. The van der Waals surface area contributed by atoms with Gasteiger partial charge in [0.05, 0.1) is 0 Å². The van der Waals surface area contributed by atoms with Crippen molar-refractivity contribution >= 4 is 23.8 Å². The van der Waals surface area contributed by atoms with Gasteiger partial charge in [-0.1, -0.05) is 19.3 Å². The minimum Gasteiger partial charge on any atom is -0.480 e. The maximum absolute atomic E-state index is 12.3. The Morgan fingerprint density at radius 3 is 2.33 bits per heavy atom. The number of hydrogen-bond acceptors (Lipinski definition) is 4. The quantitative estimate of drug-likeness (QED) is 0.415. The van der Waals surface area contributed by atoms with E-state index in [2.05, 4.69) is 16.0 Å². The smallest absolute Gasteiger partial charge is 0.326 e. The average molecular weight is 384 g/mol. The van der Waals surface area contributed by atoms with E-state index in [9.17, 15) is 19.2 Å². The van der Waals surface area contributed by atoms with Crippen LogP contribution in [-0.4, -0.2) is 65.5 Å². The van der Waals surface area contributed by atoms with E-state index in [-0.39, 0.29) is 43.4 Å². The molecule has 0 aromatic heterocycles. The van der Waals surface area contributed by atoms with Crippen LogP contribution in [0, 0.1) is 0 Å². The summed E-state index contributed by atoms with van der Waals surface area (Å²) in [6, 6.07) is -0.981. The summed E-state index contributed by atoms with van der Waals surface area (Å²) in [5.74, 6) is -1.65. The third-order valence-corrected chi connectivity index (χ3v) is 4.67. The molecule has 1 saturated carbocycles. The summed E-state index contributed by atoms with van der Waals surface area (Å²) >= 11 is 0. The summed E-state index contributed by atoms with van der Waals surface area (Å²) in [6.07, 6.45) is 6.03. The van der Waals surface area contributed by atoms with E-state index >= 15 is 0 Å². The number of carbonyl (C=O) groups excluding carboxylic acids is 3. The second kappa shape index (κ2) is 12.1. The lowest BCUT2D eigenvalue weighted by Gasteiger charge is -2.26. The minimum atomic E-state index is -1.10. The lowest BCUT2D eigenvalue weighted by Crippen LogP contribution is -2.47. The molecule has 1 unspecified atom stereocenters. The number of nitrogens with zero attached hydrogens (tertiary/aromatic N) is 1. The largest absolute Gasteiger partial charge is 0.480 e. The monoisotopic (exact) mass is 384 g/mol. The Morgan fingerprint density at radius 1 is 1.07 bits per heavy atom. The van der Waals surface area contributed by atoms with Crippen molar-refractivity contribution in [2.24, 2.45) is 0 Å². The zero-order valence-electron chi connectivity index (χ0n) is 16.3. The fraction of sp³-hybridized carbons (Fsp3) is 0.778. The predicted molar refractivity (Wildman–Crippen MR) is 100 cm³/mol. The van der Waals surface area contributed by atoms with Gasteiger partial charge in [0.15, 0.2) is 0 Å². The topological polar surface area (TPSA) is 128 Å². The van der Waals surface area contributed by atoms with Crippen LogP contribution in [0.4, 0.5) is 4.79 Å². The van der Waals surface area contributed by atoms with Crippen molar-refractivity contribution < 1.29 is 24.3 Å². The Morgan fingerprint density at radius 2 is 1.74 bits per heavy atom. The van der Waals surface area contributed by atoms with Crippen molar-refractivity contribution in [3.05, 3.63) is 0 Å². The molecule has 1 fully saturated rings. The molecule has 0 aromatic carbocycles. The first-order chi connectivity index (χ1) is 12.8. The van der Waals surface area contributed by atoms with E-state index in [1.807, 2.05) is 0 Å². The van der Waals surface area contributed by atoms with Crippen LogP contribution in [0.3, 0.4) is 0 Å². The van der Waals surface area contributed by atoms with E-state index in [0.29, 0.717) is 13.0 Å². The third-order valence-electron chi connectivity index (χ3n) is 4.67. The molecule has 27 heavy (non-hydrogen) atoms. The zero-order chi connectivity index (χ0) is 20.2. The van der Waals surface area contributed by atoms with Gasteiger partial charge >= 0.3 is 12.0 Å².